The smallest absolute Gasteiger partial charge is 0.224 e. The summed E-state index contributed by atoms with van der Waals surface area (Å²) in [7, 11) is 1.49. The molecule has 2 N–H and O–H groups in total. The average Bonchev–Trinajstić information content (AvgIpc) is 2.92. The molecule has 6 heteroatoms. The van der Waals surface area contributed by atoms with Gasteiger partial charge in [-0.2, -0.15) is 0 Å². The first-order valence-corrected chi connectivity index (χ1v) is 6.47. The van der Waals surface area contributed by atoms with Gasteiger partial charge in [0.15, 0.2) is 0 Å². The van der Waals surface area contributed by atoms with Crippen molar-refractivity contribution in [2.45, 2.75) is 19.4 Å². The first-order valence-electron chi connectivity index (χ1n) is 6.47. The van der Waals surface area contributed by atoms with Gasteiger partial charge in [-0.1, -0.05) is 6.07 Å². The molecule has 0 aliphatic carbocycles. The van der Waals surface area contributed by atoms with Gasteiger partial charge in [0.05, 0.1) is 24.6 Å². The van der Waals surface area contributed by atoms with Crippen LogP contribution in [0.5, 0.6) is 5.75 Å². The van der Waals surface area contributed by atoms with Gasteiger partial charge in [-0.05, 0) is 32.0 Å². The van der Waals surface area contributed by atoms with Crippen molar-refractivity contribution in [1.82, 2.24) is 10.6 Å². The van der Waals surface area contributed by atoms with Crippen LogP contribution in [0.15, 0.2) is 18.2 Å². The van der Waals surface area contributed by atoms with Crippen LogP contribution in [0.2, 0.25) is 0 Å². The molecule has 20 heavy (non-hydrogen) atoms. The summed E-state index contributed by atoms with van der Waals surface area (Å²) >= 11 is 0. The molecule has 1 aromatic rings. The molecule has 0 spiro atoms. The van der Waals surface area contributed by atoms with Crippen molar-refractivity contribution in [3.05, 3.63) is 29.6 Å². The summed E-state index contributed by atoms with van der Waals surface area (Å²) < 4.78 is 19.0. The first-order chi connectivity index (χ1) is 9.13. The van der Waals surface area contributed by atoms with Gasteiger partial charge in [-0.25, -0.2) is 4.39 Å². The minimum absolute atomic E-state index is 0. The molecule has 112 valence electrons. The van der Waals surface area contributed by atoms with Crippen molar-refractivity contribution in [3.63, 3.8) is 0 Å². The molecule has 1 aliphatic rings. The standard InChI is InChI=1S/C14H19FN2O2.ClH/c1-9(17-14(18)10-6-7-16-8-10)13-11(15)4-3-5-12(13)19-2;/h3-5,9-10,16H,6-8H2,1-2H3,(H,17,18);1H. The third kappa shape index (κ3) is 3.61. The molecule has 0 saturated carbocycles. The summed E-state index contributed by atoms with van der Waals surface area (Å²) in [5.41, 5.74) is 0.393. The zero-order valence-corrected chi connectivity index (χ0v) is 12.4. The van der Waals surface area contributed by atoms with E-state index in [0.29, 0.717) is 17.9 Å². The highest BCUT2D eigenvalue weighted by molar-refractivity contribution is 5.85. The molecule has 2 atom stereocenters. The number of ether oxygens (including phenoxy) is 1. The highest BCUT2D eigenvalue weighted by atomic mass is 35.5. The van der Waals surface area contributed by atoms with E-state index in [-0.39, 0.29) is 30.0 Å². The summed E-state index contributed by atoms with van der Waals surface area (Å²) in [5.74, 6) is 0.0251. The monoisotopic (exact) mass is 302 g/mol. The Morgan fingerprint density at radius 2 is 2.30 bits per heavy atom. The second-order valence-corrected chi connectivity index (χ2v) is 4.78. The van der Waals surface area contributed by atoms with Gasteiger partial charge in [0, 0.05) is 6.54 Å². The third-order valence-electron chi connectivity index (χ3n) is 3.46. The Morgan fingerprint density at radius 3 is 2.90 bits per heavy atom. The number of amides is 1. The fourth-order valence-electron chi connectivity index (χ4n) is 2.40. The van der Waals surface area contributed by atoms with Gasteiger partial charge in [-0.15, -0.1) is 12.4 Å². The van der Waals surface area contributed by atoms with Crippen LogP contribution in [0.25, 0.3) is 0 Å². The van der Waals surface area contributed by atoms with Crippen LogP contribution >= 0.6 is 12.4 Å². The SMILES string of the molecule is COc1cccc(F)c1C(C)NC(=O)C1CCNC1.Cl. The molecule has 1 fully saturated rings. The lowest BCUT2D eigenvalue weighted by molar-refractivity contribution is -0.125. The number of halogens is 2. The molecule has 0 aromatic heterocycles. The van der Waals surface area contributed by atoms with Crippen molar-refractivity contribution in [2.24, 2.45) is 5.92 Å². The van der Waals surface area contributed by atoms with Crippen LogP contribution in [0.1, 0.15) is 24.9 Å². The van der Waals surface area contributed by atoms with E-state index in [1.54, 1.807) is 19.1 Å². The first kappa shape index (κ1) is 16.7. The van der Waals surface area contributed by atoms with Gasteiger partial charge in [-0.3, -0.25) is 4.79 Å². The van der Waals surface area contributed by atoms with Gasteiger partial charge >= 0.3 is 0 Å². The highest BCUT2D eigenvalue weighted by Crippen LogP contribution is 2.28. The van der Waals surface area contributed by atoms with Crippen molar-refractivity contribution in [1.29, 1.82) is 0 Å². The topological polar surface area (TPSA) is 50.4 Å². The molecule has 4 nitrogen and oxygen atoms in total. The molecule has 1 amide bonds. The van der Waals surface area contributed by atoms with Crippen LogP contribution in [0.3, 0.4) is 0 Å². The Balaban J connectivity index is 0.00000200. The number of methoxy groups -OCH3 is 1. The van der Waals surface area contributed by atoms with E-state index in [0.717, 1.165) is 13.0 Å². The number of carbonyl (C=O) groups excluding carboxylic acids is 1. The summed E-state index contributed by atoms with van der Waals surface area (Å²) in [6.45, 7) is 3.31. The van der Waals surface area contributed by atoms with Crippen molar-refractivity contribution < 1.29 is 13.9 Å². The minimum Gasteiger partial charge on any atom is -0.496 e. The van der Waals surface area contributed by atoms with E-state index in [1.165, 1.54) is 13.2 Å². The van der Waals surface area contributed by atoms with Crippen molar-refractivity contribution in [2.75, 3.05) is 20.2 Å². The van der Waals surface area contributed by atoms with Gasteiger partial charge < -0.3 is 15.4 Å². The molecule has 1 heterocycles. The predicted octanol–water partition coefficient (Wildman–Crippen LogP) is 2.04. The lowest BCUT2D eigenvalue weighted by Gasteiger charge is -2.19. The van der Waals surface area contributed by atoms with Crippen LogP contribution < -0.4 is 15.4 Å². The number of carbonyl (C=O) groups is 1. The molecule has 1 aromatic carbocycles. The Kier molecular flexibility index (Phi) is 6.23. The number of hydrogen-bond donors (Lipinski definition) is 2. The number of nitrogens with one attached hydrogen (secondary N) is 2. The van der Waals surface area contributed by atoms with Crippen LogP contribution in [0.4, 0.5) is 4.39 Å². The minimum atomic E-state index is -0.413. The Hall–Kier alpha value is -1.33. The average molecular weight is 303 g/mol. The summed E-state index contributed by atoms with van der Waals surface area (Å²) in [4.78, 5) is 12.0. The molecule has 2 rings (SSSR count). The van der Waals surface area contributed by atoms with Gasteiger partial charge in [0.2, 0.25) is 5.91 Å². The quantitative estimate of drug-likeness (QED) is 0.895. The maximum Gasteiger partial charge on any atom is 0.224 e. The molecular formula is C14H20ClFN2O2. The van der Waals surface area contributed by atoms with Crippen molar-refractivity contribution in [3.8, 4) is 5.75 Å². The Bertz CT molecular complexity index is 464. The summed E-state index contributed by atoms with van der Waals surface area (Å²) in [6.07, 6.45) is 0.826. The van der Waals surface area contributed by atoms with E-state index in [4.69, 9.17) is 4.74 Å². The maximum atomic E-state index is 13.9. The van der Waals surface area contributed by atoms with E-state index in [2.05, 4.69) is 10.6 Å². The van der Waals surface area contributed by atoms with Crippen molar-refractivity contribution >= 4 is 18.3 Å². The summed E-state index contributed by atoms with van der Waals surface area (Å²) in [5, 5.41) is 6.00. The highest BCUT2D eigenvalue weighted by Gasteiger charge is 2.25. The zero-order valence-electron chi connectivity index (χ0n) is 11.6. The molecule has 1 aliphatic heterocycles. The molecule has 0 bridgehead atoms. The fraction of sp³-hybridized carbons (Fsp3) is 0.500. The largest absolute Gasteiger partial charge is 0.496 e. The van der Waals surface area contributed by atoms with Crippen LogP contribution in [-0.4, -0.2) is 26.1 Å². The van der Waals surface area contributed by atoms with Crippen LogP contribution in [0, 0.1) is 11.7 Å². The second-order valence-electron chi connectivity index (χ2n) is 4.78. The molecular weight excluding hydrogens is 283 g/mol. The zero-order chi connectivity index (χ0) is 13.8. The normalized spacial score (nSPS) is 19.1. The third-order valence-corrected chi connectivity index (χ3v) is 3.46. The lowest BCUT2D eigenvalue weighted by atomic mass is 10.0. The van der Waals surface area contributed by atoms with E-state index in [1.807, 2.05) is 0 Å². The predicted molar refractivity (Wildman–Crippen MR) is 77.7 cm³/mol. The fourth-order valence-corrected chi connectivity index (χ4v) is 2.40. The Morgan fingerprint density at radius 1 is 1.55 bits per heavy atom. The molecule has 0 radical (unpaired) electrons. The van der Waals surface area contributed by atoms with Crippen LogP contribution in [-0.2, 0) is 4.79 Å². The van der Waals surface area contributed by atoms with Gasteiger partial charge in [0.25, 0.3) is 0 Å². The summed E-state index contributed by atoms with van der Waals surface area (Å²) in [6, 6.07) is 4.24. The number of rotatable bonds is 4. The van der Waals surface area contributed by atoms with E-state index >= 15 is 0 Å². The van der Waals surface area contributed by atoms with Gasteiger partial charge in [0.1, 0.15) is 11.6 Å². The number of benzene rings is 1. The number of hydrogen-bond acceptors (Lipinski definition) is 3. The maximum absolute atomic E-state index is 13.9. The van der Waals surface area contributed by atoms with E-state index in [9.17, 15) is 9.18 Å². The second kappa shape index (κ2) is 7.45. The molecule has 1 saturated heterocycles. The lowest BCUT2D eigenvalue weighted by Crippen LogP contribution is -2.34. The Labute approximate surface area is 124 Å². The van der Waals surface area contributed by atoms with E-state index < -0.39 is 6.04 Å². The molecule has 2 unspecified atom stereocenters.